The molecule has 0 saturated carbocycles. The number of benzene rings is 1. The van der Waals surface area contributed by atoms with Crippen molar-refractivity contribution in [3.05, 3.63) is 39.9 Å². The Hall–Kier alpha value is -2.44. The lowest BCUT2D eigenvalue weighted by Crippen LogP contribution is -1.83. The molecule has 0 aliphatic carbocycles. The van der Waals surface area contributed by atoms with Crippen molar-refractivity contribution in [2.75, 3.05) is 6.54 Å². The Morgan fingerprint density at radius 1 is 1.53 bits per heavy atom. The van der Waals surface area contributed by atoms with Crippen LogP contribution in [0, 0.1) is 18.8 Å². The number of aromatic nitrogens is 2. The molecule has 17 heavy (non-hydrogen) atoms. The number of fused-ring (bicyclic) bond motifs is 1. The summed E-state index contributed by atoms with van der Waals surface area (Å²) >= 11 is 0. The highest BCUT2D eigenvalue weighted by atomic mass is 15.1. The molecule has 0 radical (unpaired) electrons. The average molecular weight is 225 g/mol. The smallest absolute Gasteiger partial charge is 0.0653 e. The minimum absolute atomic E-state index is 0.413. The molecule has 2 aromatic rings. The maximum absolute atomic E-state index is 8.12. The van der Waals surface area contributed by atoms with Gasteiger partial charge in [0, 0.05) is 28.8 Å². The summed E-state index contributed by atoms with van der Waals surface area (Å²) in [5, 5.41) is 11.4. The van der Waals surface area contributed by atoms with Crippen molar-refractivity contribution in [2.24, 2.45) is 5.11 Å². The lowest BCUT2D eigenvalue weighted by atomic mass is 10.1. The largest absolute Gasteiger partial charge is 0.278 e. The second kappa shape index (κ2) is 5.06. The topological polar surface area (TPSA) is 77.4 Å². The zero-order valence-electron chi connectivity index (χ0n) is 9.44. The molecule has 0 saturated heterocycles. The Bertz CT molecular complexity index is 638. The number of aryl methyl sites for hydroxylation is 1. The zero-order chi connectivity index (χ0) is 12.1. The van der Waals surface area contributed by atoms with Gasteiger partial charge in [-0.2, -0.15) is 5.10 Å². The van der Waals surface area contributed by atoms with E-state index in [1.165, 1.54) is 0 Å². The molecule has 84 valence electrons. The number of aromatic amines is 1. The first-order chi connectivity index (χ1) is 8.31. The van der Waals surface area contributed by atoms with E-state index < -0.39 is 0 Å². The van der Waals surface area contributed by atoms with Gasteiger partial charge in [-0.15, -0.1) is 0 Å². The van der Waals surface area contributed by atoms with Crippen molar-refractivity contribution in [1.82, 2.24) is 10.2 Å². The fourth-order valence-electron chi connectivity index (χ4n) is 1.54. The van der Waals surface area contributed by atoms with Crippen molar-refractivity contribution in [1.29, 1.82) is 0 Å². The molecule has 0 aliphatic rings. The summed E-state index contributed by atoms with van der Waals surface area (Å²) in [6.45, 7) is 2.42. The van der Waals surface area contributed by atoms with Crippen molar-refractivity contribution >= 4 is 10.9 Å². The maximum Gasteiger partial charge on any atom is 0.0653 e. The molecular formula is C12H11N5. The van der Waals surface area contributed by atoms with E-state index in [2.05, 4.69) is 32.1 Å². The summed E-state index contributed by atoms with van der Waals surface area (Å²) in [5.74, 6) is 6.07. The molecule has 1 heterocycles. The molecule has 5 heteroatoms. The molecule has 0 atom stereocenters. The van der Waals surface area contributed by atoms with Gasteiger partial charge in [-0.1, -0.05) is 17.0 Å². The molecule has 2 rings (SSSR count). The third-order valence-electron chi connectivity index (χ3n) is 2.41. The number of rotatable bonds is 2. The molecule has 0 aliphatic heterocycles. The summed E-state index contributed by atoms with van der Waals surface area (Å²) in [5.41, 5.74) is 11.2. The number of nitrogens with one attached hydrogen (secondary N) is 1. The maximum atomic E-state index is 8.12. The second-order valence-electron chi connectivity index (χ2n) is 3.63. The van der Waals surface area contributed by atoms with Gasteiger partial charge in [-0.25, -0.2) is 0 Å². The van der Waals surface area contributed by atoms with Crippen molar-refractivity contribution < 1.29 is 0 Å². The van der Waals surface area contributed by atoms with Crippen LogP contribution in [0.4, 0.5) is 0 Å². The predicted octanol–water partition coefficient (Wildman–Crippen LogP) is 2.92. The van der Waals surface area contributed by atoms with Crippen LogP contribution >= 0.6 is 0 Å². The number of azide groups is 1. The molecular weight excluding hydrogens is 214 g/mol. The first kappa shape index (κ1) is 11.1. The van der Waals surface area contributed by atoms with Gasteiger partial charge in [0.05, 0.1) is 11.7 Å². The van der Waals surface area contributed by atoms with E-state index in [-0.39, 0.29) is 0 Å². The Labute approximate surface area is 98.5 Å². The van der Waals surface area contributed by atoms with Gasteiger partial charge in [0.2, 0.25) is 0 Å². The van der Waals surface area contributed by atoms with E-state index in [9.17, 15) is 0 Å². The SMILES string of the molecule is Cc1cc2[nH]ncc2cc1C#CCCN=[N+]=[N-]. The van der Waals surface area contributed by atoms with E-state index >= 15 is 0 Å². The number of nitrogens with zero attached hydrogens (tertiary/aromatic N) is 4. The highest BCUT2D eigenvalue weighted by Gasteiger charge is 2.00. The molecule has 0 fully saturated rings. The summed E-state index contributed by atoms with van der Waals surface area (Å²) in [6.07, 6.45) is 2.35. The molecule has 0 bridgehead atoms. The first-order valence-electron chi connectivity index (χ1n) is 5.24. The quantitative estimate of drug-likeness (QED) is 0.275. The van der Waals surface area contributed by atoms with Gasteiger partial charge in [0.25, 0.3) is 0 Å². The minimum Gasteiger partial charge on any atom is -0.278 e. The first-order valence-corrected chi connectivity index (χ1v) is 5.24. The van der Waals surface area contributed by atoms with Crippen LogP contribution in [-0.4, -0.2) is 16.7 Å². The fourth-order valence-corrected chi connectivity index (χ4v) is 1.54. The van der Waals surface area contributed by atoms with E-state index in [1.807, 2.05) is 19.1 Å². The Morgan fingerprint density at radius 3 is 3.24 bits per heavy atom. The van der Waals surface area contributed by atoms with Gasteiger partial charge in [0.15, 0.2) is 0 Å². The van der Waals surface area contributed by atoms with E-state index in [1.54, 1.807) is 6.20 Å². The van der Waals surface area contributed by atoms with Crippen molar-refractivity contribution in [3.63, 3.8) is 0 Å². The molecule has 1 aromatic carbocycles. The van der Waals surface area contributed by atoms with E-state index in [0.717, 1.165) is 22.0 Å². The van der Waals surface area contributed by atoms with Crippen LogP contribution in [0.5, 0.6) is 0 Å². The molecule has 5 nitrogen and oxygen atoms in total. The molecule has 1 N–H and O–H groups in total. The van der Waals surface area contributed by atoms with Crippen LogP contribution in [-0.2, 0) is 0 Å². The average Bonchev–Trinajstić information content (AvgIpc) is 2.76. The normalized spacial score (nSPS) is 9.47. The van der Waals surface area contributed by atoms with Crippen LogP contribution in [0.2, 0.25) is 0 Å². The standard InChI is InChI=1S/C12H11N5/c1-9-6-12-11(8-15-16-12)7-10(9)4-2-3-5-14-17-13/h6-8H,3,5H2,1H3,(H,15,16). The van der Waals surface area contributed by atoms with E-state index in [0.29, 0.717) is 13.0 Å². The van der Waals surface area contributed by atoms with Gasteiger partial charge in [-0.3, -0.25) is 5.10 Å². The molecule has 0 unspecified atom stereocenters. The minimum atomic E-state index is 0.413. The van der Waals surface area contributed by atoms with Crippen LogP contribution < -0.4 is 0 Å². The number of H-pyrrole nitrogens is 1. The van der Waals surface area contributed by atoms with Crippen LogP contribution in [0.25, 0.3) is 21.3 Å². The number of hydrogen-bond donors (Lipinski definition) is 1. The van der Waals surface area contributed by atoms with Gasteiger partial charge in [-0.05, 0) is 30.2 Å². The summed E-state index contributed by atoms with van der Waals surface area (Å²) in [6, 6.07) is 4.04. The predicted molar refractivity (Wildman–Crippen MR) is 66.3 cm³/mol. The van der Waals surface area contributed by atoms with Crippen LogP contribution in [0.1, 0.15) is 17.5 Å². The molecule has 1 aromatic heterocycles. The Balaban J connectivity index is 2.22. The monoisotopic (exact) mass is 225 g/mol. The summed E-state index contributed by atoms with van der Waals surface area (Å²) in [4.78, 5) is 2.68. The van der Waals surface area contributed by atoms with Crippen LogP contribution in [0.15, 0.2) is 23.4 Å². The van der Waals surface area contributed by atoms with Gasteiger partial charge < -0.3 is 0 Å². The lowest BCUT2D eigenvalue weighted by molar-refractivity contribution is 1.01. The summed E-state index contributed by atoms with van der Waals surface area (Å²) < 4.78 is 0. The van der Waals surface area contributed by atoms with Crippen molar-refractivity contribution in [3.8, 4) is 11.8 Å². The molecule has 0 amide bonds. The van der Waals surface area contributed by atoms with Gasteiger partial charge in [0.1, 0.15) is 0 Å². The molecule has 0 spiro atoms. The highest BCUT2D eigenvalue weighted by molar-refractivity contribution is 5.80. The summed E-state index contributed by atoms with van der Waals surface area (Å²) in [7, 11) is 0. The van der Waals surface area contributed by atoms with Crippen LogP contribution in [0.3, 0.4) is 0 Å². The zero-order valence-corrected chi connectivity index (χ0v) is 9.44. The van der Waals surface area contributed by atoms with E-state index in [4.69, 9.17) is 5.53 Å². The third kappa shape index (κ3) is 2.57. The lowest BCUT2D eigenvalue weighted by Gasteiger charge is -1.97. The Kier molecular flexibility index (Phi) is 3.29. The Morgan fingerprint density at radius 2 is 2.41 bits per heavy atom. The second-order valence-corrected chi connectivity index (χ2v) is 3.63. The number of hydrogen-bond acceptors (Lipinski definition) is 2. The third-order valence-corrected chi connectivity index (χ3v) is 2.41. The van der Waals surface area contributed by atoms with Gasteiger partial charge >= 0.3 is 0 Å². The fraction of sp³-hybridized carbons (Fsp3) is 0.250. The van der Waals surface area contributed by atoms with Crippen molar-refractivity contribution in [2.45, 2.75) is 13.3 Å². The highest BCUT2D eigenvalue weighted by Crippen LogP contribution is 2.16.